The molecular formula is C26H42N4O5. The zero-order chi connectivity index (χ0) is 26.4. The molecule has 5 N–H and O–H groups in total. The van der Waals surface area contributed by atoms with E-state index in [2.05, 4.69) is 16.0 Å². The Bertz CT molecular complexity index is 824. The lowest BCUT2D eigenvalue weighted by Crippen LogP contribution is -2.54. The van der Waals surface area contributed by atoms with Crippen LogP contribution in [0.4, 0.5) is 5.69 Å². The van der Waals surface area contributed by atoms with Crippen LogP contribution in [0.5, 0.6) is 0 Å². The molecule has 0 spiro atoms. The van der Waals surface area contributed by atoms with Crippen LogP contribution in [-0.4, -0.2) is 42.3 Å². The Hall–Kier alpha value is -2.94. The minimum Gasteiger partial charge on any atom is -0.461 e. The first-order valence-corrected chi connectivity index (χ1v) is 12.4. The zero-order valence-electron chi connectivity index (χ0n) is 21.7. The molecule has 0 aromatic heterocycles. The van der Waals surface area contributed by atoms with Crippen LogP contribution in [0, 0.1) is 11.8 Å². The van der Waals surface area contributed by atoms with Gasteiger partial charge >= 0.3 is 5.97 Å². The first-order chi connectivity index (χ1) is 16.6. The molecule has 35 heavy (non-hydrogen) atoms. The van der Waals surface area contributed by atoms with Gasteiger partial charge in [0.1, 0.15) is 18.7 Å². The molecule has 3 amide bonds. The van der Waals surface area contributed by atoms with Crippen molar-refractivity contribution in [1.82, 2.24) is 10.6 Å². The van der Waals surface area contributed by atoms with Gasteiger partial charge in [0.05, 0.1) is 5.92 Å². The molecule has 9 heteroatoms. The van der Waals surface area contributed by atoms with Crippen LogP contribution in [0.3, 0.4) is 0 Å². The first-order valence-electron chi connectivity index (χ1n) is 12.4. The summed E-state index contributed by atoms with van der Waals surface area (Å²) in [5.41, 5.74) is 6.95. The molecule has 0 radical (unpaired) electrons. The van der Waals surface area contributed by atoms with Crippen molar-refractivity contribution in [3.05, 3.63) is 29.8 Å². The summed E-state index contributed by atoms with van der Waals surface area (Å²) in [7, 11) is 0. The summed E-state index contributed by atoms with van der Waals surface area (Å²) in [5, 5.41) is 8.42. The quantitative estimate of drug-likeness (QED) is 0.220. The van der Waals surface area contributed by atoms with Gasteiger partial charge in [-0.05, 0) is 55.8 Å². The second kappa shape index (κ2) is 15.9. The summed E-state index contributed by atoms with van der Waals surface area (Å²) < 4.78 is 5.22. The number of anilines is 1. The number of rotatable bonds is 15. The average Bonchev–Trinajstić information content (AvgIpc) is 2.81. The highest BCUT2D eigenvalue weighted by atomic mass is 16.5. The van der Waals surface area contributed by atoms with Crippen molar-refractivity contribution in [3.63, 3.8) is 0 Å². The summed E-state index contributed by atoms with van der Waals surface area (Å²) in [6.45, 7) is 9.78. The number of nitrogens with two attached hydrogens (primary N) is 1. The standard InChI is InChI=1S/C26H42N4O5/c1-6-9-22(31)30-23(17(2)3)25(33)29-21(10-7-8-15-27)24(32)28-20-13-11-19(12-14-20)16-35-26(34)18(4)5/h11-14,17-18,21,23H,6-10,15-16,27H2,1-5H3,(H,28,32)(H,29,33)(H,30,31)/t21-,23-/m0/s1. The number of carbonyl (C=O) groups excluding carboxylic acids is 4. The number of amides is 3. The lowest BCUT2D eigenvalue weighted by Gasteiger charge is -2.25. The molecule has 1 rings (SSSR count). The van der Waals surface area contributed by atoms with Gasteiger partial charge in [0.2, 0.25) is 17.7 Å². The summed E-state index contributed by atoms with van der Waals surface area (Å²) in [6.07, 6.45) is 2.84. The molecule has 9 nitrogen and oxygen atoms in total. The van der Waals surface area contributed by atoms with Crippen LogP contribution in [-0.2, 0) is 30.5 Å². The Morgan fingerprint density at radius 3 is 2.14 bits per heavy atom. The summed E-state index contributed by atoms with van der Waals surface area (Å²) in [5.74, 6) is -1.54. The third-order valence-corrected chi connectivity index (χ3v) is 5.40. The van der Waals surface area contributed by atoms with Crippen LogP contribution in [0.25, 0.3) is 0 Å². The minimum absolute atomic E-state index is 0.138. The van der Waals surface area contributed by atoms with Crippen molar-refractivity contribution < 1.29 is 23.9 Å². The highest BCUT2D eigenvalue weighted by Crippen LogP contribution is 2.13. The van der Waals surface area contributed by atoms with Gasteiger partial charge in [-0.15, -0.1) is 0 Å². The fourth-order valence-corrected chi connectivity index (χ4v) is 3.27. The molecule has 1 aromatic carbocycles. The number of hydrogen-bond donors (Lipinski definition) is 4. The smallest absolute Gasteiger partial charge is 0.308 e. The molecule has 0 bridgehead atoms. The number of esters is 1. The van der Waals surface area contributed by atoms with Gasteiger partial charge < -0.3 is 26.4 Å². The van der Waals surface area contributed by atoms with Gasteiger partial charge in [-0.1, -0.05) is 46.8 Å². The molecule has 0 fully saturated rings. The van der Waals surface area contributed by atoms with E-state index in [0.717, 1.165) is 12.0 Å². The van der Waals surface area contributed by atoms with E-state index in [1.165, 1.54) is 0 Å². The van der Waals surface area contributed by atoms with Gasteiger partial charge in [0, 0.05) is 12.1 Å². The Labute approximate surface area is 208 Å². The predicted molar refractivity (Wildman–Crippen MR) is 136 cm³/mol. The second-order valence-electron chi connectivity index (χ2n) is 9.33. The Kier molecular flexibility index (Phi) is 13.6. The van der Waals surface area contributed by atoms with E-state index in [-0.39, 0.29) is 42.1 Å². The van der Waals surface area contributed by atoms with Crippen molar-refractivity contribution in [2.45, 2.75) is 85.4 Å². The van der Waals surface area contributed by atoms with Crippen LogP contribution >= 0.6 is 0 Å². The molecule has 0 aliphatic rings. The largest absolute Gasteiger partial charge is 0.461 e. The molecule has 1 aromatic rings. The fraction of sp³-hybridized carbons (Fsp3) is 0.615. The molecular weight excluding hydrogens is 448 g/mol. The lowest BCUT2D eigenvalue weighted by atomic mass is 10.0. The molecule has 196 valence electrons. The molecule has 0 saturated carbocycles. The van der Waals surface area contributed by atoms with Crippen molar-refractivity contribution in [3.8, 4) is 0 Å². The van der Waals surface area contributed by atoms with Crippen LogP contribution in [0.2, 0.25) is 0 Å². The Balaban J connectivity index is 2.84. The van der Waals surface area contributed by atoms with Gasteiger partial charge in [-0.2, -0.15) is 0 Å². The third-order valence-electron chi connectivity index (χ3n) is 5.40. The number of benzene rings is 1. The van der Waals surface area contributed by atoms with E-state index in [4.69, 9.17) is 10.5 Å². The Morgan fingerprint density at radius 1 is 0.943 bits per heavy atom. The maximum absolute atomic E-state index is 13.0. The molecule has 0 aliphatic heterocycles. The van der Waals surface area contributed by atoms with E-state index in [0.29, 0.717) is 37.9 Å². The number of nitrogens with one attached hydrogen (secondary N) is 3. The topological polar surface area (TPSA) is 140 Å². The van der Waals surface area contributed by atoms with E-state index < -0.39 is 12.1 Å². The number of carbonyl (C=O) groups is 4. The molecule has 0 unspecified atom stereocenters. The zero-order valence-corrected chi connectivity index (χ0v) is 21.7. The van der Waals surface area contributed by atoms with Crippen molar-refractivity contribution in [2.24, 2.45) is 17.6 Å². The highest BCUT2D eigenvalue weighted by molar-refractivity contribution is 5.98. The van der Waals surface area contributed by atoms with Crippen LogP contribution < -0.4 is 21.7 Å². The Morgan fingerprint density at radius 2 is 1.60 bits per heavy atom. The molecule has 2 atom stereocenters. The van der Waals surface area contributed by atoms with Gasteiger partial charge in [0.15, 0.2) is 0 Å². The number of hydrogen-bond acceptors (Lipinski definition) is 6. The van der Waals surface area contributed by atoms with Crippen LogP contribution in [0.1, 0.15) is 72.3 Å². The maximum atomic E-state index is 13.0. The van der Waals surface area contributed by atoms with Crippen molar-refractivity contribution in [1.29, 1.82) is 0 Å². The SMILES string of the molecule is CCCC(=O)N[C@H](C(=O)N[C@@H](CCCCN)C(=O)Nc1ccc(COC(=O)C(C)C)cc1)C(C)C. The summed E-state index contributed by atoms with van der Waals surface area (Å²) in [4.78, 5) is 49.7. The third kappa shape index (κ3) is 11.4. The van der Waals surface area contributed by atoms with Gasteiger partial charge in [-0.3, -0.25) is 19.2 Å². The van der Waals surface area contributed by atoms with E-state index in [9.17, 15) is 19.2 Å². The maximum Gasteiger partial charge on any atom is 0.308 e. The van der Waals surface area contributed by atoms with E-state index >= 15 is 0 Å². The van der Waals surface area contributed by atoms with Gasteiger partial charge in [0.25, 0.3) is 0 Å². The van der Waals surface area contributed by atoms with E-state index in [1.807, 2.05) is 20.8 Å². The predicted octanol–water partition coefficient (Wildman–Crippen LogP) is 2.88. The van der Waals surface area contributed by atoms with Crippen molar-refractivity contribution >= 4 is 29.4 Å². The van der Waals surface area contributed by atoms with Crippen LogP contribution in [0.15, 0.2) is 24.3 Å². The fourth-order valence-electron chi connectivity index (χ4n) is 3.27. The lowest BCUT2D eigenvalue weighted by molar-refractivity contribution is -0.148. The normalized spacial score (nSPS) is 12.7. The average molecular weight is 491 g/mol. The highest BCUT2D eigenvalue weighted by Gasteiger charge is 2.28. The number of ether oxygens (including phenoxy) is 1. The van der Waals surface area contributed by atoms with Crippen molar-refractivity contribution in [2.75, 3.05) is 11.9 Å². The second-order valence-corrected chi connectivity index (χ2v) is 9.33. The number of unbranched alkanes of at least 4 members (excludes halogenated alkanes) is 1. The molecule has 0 heterocycles. The minimum atomic E-state index is -0.773. The molecule has 0 aliphatic carbocycles. The summed E-state index contributed by atoms with van der Waals surface area (Å²) in [6, 6.07) is 5.47. The summed E-state index contributed by atoms with van der Waals surface area (Å²) >= 11 is 0. The first kappa shape index (κ1) is 30.1. The molecule has 0 saturated heterocycles. The van der Waals surface area contributed by atoms with E-state index in [1.54, 1.807) is 38.1 Å². The van der Waals surface area contributed by atoms with Gasteiger partial charge in [-0.25, -0.2) is 0 Å². The monoisotopic (exact) mass is 490 g/mol.